The van der Waals surface area contributed by atoms with Crippen LogP contribution in [0, 0.1) is 5.82 Å². The molecule has 4 nitrogen and oxygen atoms in total. The molecule has 1 aliphatic heterocycles. The number of rotatable bonds is 2. The van der Waals surface area contributed by atoms with E-state index in [1.807, 2.05) is 6.92 Å². The van der Waals surface area contributed by atoms with Crippen molar-refractivity contribution in [1.82, 2.24) is 5.43 Å². The summed E-state index contributed by atoms with van der Waals surface area (Å²) in [6.07, 6.45) is 0.751. The highest BCUT2D eigenvalue weighted by molar-refractivity contribution is 8.26. The van der Waals surface area contributed by atoms with Crippen LogP contribution >= 0.6 is 11.8 Å². The summed E-state index contributed by atoms with van der Waals surface area (Å²) in [4.78, 5) is 15.4. The molecule has 2 rings (SSSR count). The lowest BCUT2D eigenvalue weighted by atomic mass is 10.2. The summed E-state index contributed by atoms with van der Waals surface area (Å²) in [5, 5.41) is 4.96. The first-order chi connectivity index (χ1) is 8.19. The molecule has 1 amide bonds. The molecule has 1 heterocycles. The Kier molecular flexibility index (Phi) is 3.53. The molecular formula is C11H9FN3OS. The van der Waals surface area contributed by atoms with Gasteiger partial charge in [0.05, 0.1) is 0 Å². The van der Waals surface area contributed by atoms with E-state index in [-0.39, 0.29) is 5.56 Å². The van der Waals surface area contributed by atoms with Gasteiger partial charge in [0.25, 0.3) is 5.91 Å². The maximum absolute atomic E-state index is 12.9. The van der Waals surface area contributed by atoms with Crippen LogP contribution in [0.1, 0.15) is 23.7 Å². The lowest BCUT2D eigenvalue weighted by Gasteiger charge is -1.96. The van der Waals surface area contributed by atoms with Crippen LogP contribution in [0.25, 0.3) is 0 Å². The maximum atomic E-state index is 12.9. The molecule has 1 aromatic carbocycles. The first kappa shape index (κ1) is 11.8. The van der Waals surface area contributed by atoms with Crippen molar-refractivity contribution in [3.8, 4) is 0 Å². The average Bonchev–Trinajstić information content (AvgIpc) is 2.77. The van der Waals surface area contributed by atoms with E-state index < -0.39 is 11.7 Å². The van der Waals surface area contributed by atoms with Crippen molar-refractivity contribution in [3.05, 3.63) is 35.6 Å². The predicted molar refractivity (Wildman–Crippen MR) is 65.6 cm³/mol. The summed E-state index contributed by atoms with van der Waals surface area (Å²) in [6, 6.07) is 5.40. The van der Waals surface area contributed by atoms with Gasteiger partial charge >= 0.3 is 0 Å². The Morgan fingerprint density at radius 3 is 3.00 bits per heavy atom. The maximum Gasteiger partial charge on any atom is 0.279 e. The van der Waals surface area contributed by atoms with E-state index in [0.29, 0.717) is 5.17 Å². The van der Waals surface area contributed by atoms with Crippen LogP contribution in [0.3, 0.4) is 0 Å². The lowest BCUT2D eigenvalue weighted by Crippen LogP contribution is -2.05. The summed E-state index contributed by atoms with van der Waals surface area (Å²) in [5.41, 5.74) is 3.97. The molecule has 0 unspecified atom stereocenters. The highest BCUT2D eigenvalue weighted by Crippen LogP contribution is 2.16. The zero-order chi connectivity index (χ0) is 12.3. The average molecular weight is 250 g/mol. The minimum absolute atomic E-state index is 0.207. The number of carbonyl (C=O) groups excluding carboxylic acids is 1. The Bertz CT molecular complexity index is 513. The summed E-state index contributed by atoms with van der Waals surface area (Å²) in [5.74, 6) is -0.971. The van der Waals surface area contributed by atoms with Crippen molar-refractivity contribution in [3.63, 3.8) is 0 Å². The molecule has 87 valence electrons. The monoisotopic (exact) mass is 250 g/mol. The highest BCUT2D eigenvalue weighted by atomic mass is 32.2. The van der Waals surface area contributed by atoms with Gasteiger partial charge in [0.2, 0.25) is 5.17 Å². The lowest BCUT2D eigenvalue weighted by molar-refractivity contribution is 0.100. The number of hydrogen-bond acceptors (Lipinski definition) is 3. The van der Waals surface area contributed by atoms with E-state index >= 15 is 0 Å². The van der Waals surface area contributed by atoms with Gasteiger partial charge in [0, 0.05) is 5.56 Å². The van der Waals surface area contributed by atoms with Gasteiger partial charge in [0.15, 0.2) is 0 Å². The number of halogens is 1. The molecule has 1 aromatic rings. The van der Waals surface area contributed by atoms with Crippen LogP contribution in [0.4, 0.5) is 4.39 Å². The molecule has 17 heavy (non-hydrogen) atoms. The molecule has 0 atom stereocenters. The highest BCUT2D eigenvalue weighted by Gasteiger charge is 2.16. The smallest absolute Gasteiger partial charge is 0.267 e. The third-order valence-corrected chi connectivity index (χ3v) is 2.99. The fraction of sp³-hybridized carbons (Fsp3) is 0.182. The molecule has 0 spiro atoms. The molecule has 0 fully saturated rings. The number of amidine groups is 1. The van der Waals surface area contributed by atoms with Crippen molar-refractivity contribution in [2.45, 2.75) is 13.3 Å². The Labute approximate surface area is 102 Å². The molecule has 0 aromatic heterocycles. The number of amides is 1. The SMILES string of the molecule is CCC1=N[N]C(=NC(=O)c2cccc(F)c2)S1. The van der Waals surface area contributed by atoms with E-state index in [1.54, 1.807) is 0 Å². The number of benzene rings is 1. The minimum Gasteiger partial charge on any atom is -0.267 e. The predicted octanol–water partition coefficient (Wildman–Crippen LogP) is 2.40. The summed E-state index contributed by atoms with van der Waals surface area (Å²) in [6.45, 7) is 1.94. The molecule has 6 heteroatoms. The molecular weight excluding hydrogens is 241 g/mol. The Morgan fingerprint density at radius 2 is 2.35 bits per heavy atom. The molecule has 0 aliphatic carbocycles. The van der Waals surface area contributed by atoms with Crippen LogP contribution in [-0.4, -0.2) is 16.1 Å². The quantitative estimate of drug-likeness (QED) is 0.809. The normalized spacial score (nSPS) is 16.8. The van der Waals surface area contributed by atoms with Crippen LogP contribution in [0.15, 0.2) is 34.4 Å². The summed E-state index contributed by atoms with van der Waals surface area (Å²) >= 11 is 1.26. The molecule has 1 aliphatic rings. The van der Waals surface area contributed by atoms with Crippen molar-refractivity contribution >= 4 is 27.9 Å². The molecule has 0 bridgehead atoms. The Morgan fingerprint density at radius 1 is 1.53 bits per heavy atom. The van der Waals surface area contributed by atoms with Crippen molar-refractivity contribution in [2.24, 2.45) is 10.1 Å². The van der Waals surface area contributed by atoms with E-state index in [9.17, 15) is 9.18 Å². The Hall–Kier alpha value is -1.69. The van der Waals surface area contributed by atoms with Gasteiger partial charge in [-0.2, -0.15) is 4.99 Å². The molecule has 0 saturated heterocycles. The third kappa shape index (κ3) is 2.91. The second kappa shape index (κ2) is 5.09. The summed E-state index contributed by atoms with van der Waals surface area (Å²) in [7, 11) is 0. The van der Waals surface area contributed by atoms with Crippen LogP contribution in [0.5, 0.6) is 0 Å². The van der Waals surface area contributed by atoms with Gasteiger partial charge < -0.3 is 0 Å². The van der Waals surface area contributed by atoms with Crippen LogP contribution in [0.2, 0.25) is 0 Å². The topological polar surface area (TPSA) is 55.9 Å². The van der Waals surface area contributed by atoms with Crippen LogP contribution < -0.4 is 5.43 Å². The number of thioether (sulfide) groups is 1. The number of nitrogens with zero attached hydrogens (tertiary/aromatic N) is 3. The van der Waals surface area contributed by atoms with Gasteiger partial charge in [-0.15, -0.1) is 10.5 Å². The van der Waals surface area contributed by atoms with Crippen molar-refractivity contribution < 1.29 is 9.18 Å². The largest absolute Gasteiger partial charge is 0.279 e. The van der Waals surface area contributed by atoms with Gasteiger partial charge in [0.1, 0.15) is 10.9 Å². The minimum atomic E-state index is -0.511. The fourth-order valence-electron chi connectivity index (χ4n) is 1.21. The standard InChI is InChI=1S/C11H9FN3OS/c1-2-9-14-15-11(17-9)13-10(16)7-4-3-5-8(12)6-7/h3-6H,2H2,1H3. The second-order valence-electron chi connectivity index (χ2n) is 3.26. The van der Waals surface area contributed by atoms with Gasteiger partial charge in [-0.3, -0.25) is 4.79 Å². The number of hydrogen-bond donors (Lipinski definition) is 0. The summed E-state index contributed by atoms with van der Waals surface area (Å²) < 4.78 is 12.9. The number of carbonyl (C=O) groups is 1. The Balaban J connectivity index is 2.10. The third-order valence-electron chi connectivity index (χ3n) is 2.03. The first-order valence-corrected chi connectivity index (χ1v) is 5.84. The van der Waals surface area contributed by atoms with Crippen molar-refractivity contribution in [1.29, 1.82) is 0 Å². The van der Waals surface area contributed by atoms with Gasteiger partial charge in [-0.1, -0.05) is 13.0 Å². The first-order valence-electron chi connectivity index (χ1n) is 5.03. The molecule has 0 saturated carbocycles. The van der Waals surface area contributed by atoms with E-state index in [2.05, 4.69) is 15.5 Å². The van der Waals surface area contributed by atoms with Gasteiger partial charge in [-0.05, 0) is 36.4 Å². The van der Waals surface area contributed by atoms with E-state index in [0.717, 1.165) is 17.5 Å². The molecule has 1 radical (unpaired) electrons. The van der Waals surface area contributed by atoms with Crippen LogP contribution in [-0.2, 0) is 0 Å². The fourth-order valence-corrected chi connectivity index (χ4v) is 1.85. The second-order valence-corrected chi connectivity index (χ2v) is 4.30. The number of aliphatic imine (C=N–C) groups is 1. The molecule has 0 N–H and O–H groups in total. The zero-order valence-corrected chi connectivity index (χ0v) is 9.87. The van der Waals surface area contributed by atoms with Gasteiger partial charge in [-0.25, -0.2) is 4.39 Å². The van der Waals surface area contributed by atoms with Crippen molar-refractivity contribution in [2.75, 3.05) is 0 Å². The van der Waals surface area contributed by atoms with E-state index in [4.69, 9.17) is 0 Å². The van der Waals surface area contributed by atoms with E-state index in [1.165, 1.54) is 30.0 Å². The zero-order valence-electron chi connectivity index (χ0n) is 9.05.